The van der Waals surface area contributed by atoms with Crippen molar-refractivity contribution in [3.05, 3.63) is 203 Å². The molecule has 4 aromatic carbocycles. The molecular formula is C79H89Cl2N15O22. The summed E-state index contributed by atoms with van der Waals surface area (Å²) in [5.74, 6) is -9.11. The van der Waals surface area contributed by atoms with E-state index < -0.39 is 156 Å². The lowest BCUT2D eigenvalue weighted by Gasteiger charge is -2.45. The number of carbonyl (C=O) groups excluding carboxylic acids is 7. The van der Waals surface area contributed by atoms with E-state index in [1.807, 2.05) is 13.8 Å². The van der Waals surface area contributed by atoms with E-state index in [4.69, 9.17) is 94.3 Å². The predicted octanol–water partition coefficient (Wildman–Crippen LogP) is 6.81. The molecule has 13 rings (SSSR count). The van der Waals surface area contributed by atoms with Crippen molar-refractivity contribution in [2.75, 3.05) is 12.5 Å². The second-order valence-electron chi connectivity index (χ2n) is 29.1. The van der Waals surface area contributed by atoms with Crippen LogP contribution in [-0.4, -0.2) is 220 Å². The Labute approximate surface area is 686 Å². The summed E-state index contributed by atoms with van der Waals surface area (Å²) >= 11 is 13.5. The quantitative estimate of drug-likeness (QED) is 0.0227. The standard InChI is InChI=1S/C79H89Cl2N15O22/c1-45-31-94(87-82-45)37-62-68(115-74(102)55-25-17-11-18-26-55)67(114-73(101)54-23-15-10-16-24-54)49(5)76(111-62)106-41-59-32-92(88-85-59)29-30-93-33-60(86-89-93)42-107-78-70(116-75(103)56-27-19-12-20-28-56)66(113-72(100)53-21-13-9-14-22-53)48(4)61(110-78)36-95-34-57(83-90-95)39-104-40-58-35-96(91-84-58)38-63-69(108-51(7)98)71(109-52(8)99)79(44-80,117-63)118-77-47(3)46(2)65(81)64(112-77)43-105-50(6)97/h9-28,31-35,46-49,61-71,76-78H,29-30,36-44H2,1-8H3/t46-,47-,48-,49+,61-,62-,63-,64-,65-,66+,67-,68-,69-,70+,71+,76+,77-,78+,79+/m1/s1. The van der Waals surface area contributed by atoms with E-state index in [9.17, 15) is 33.6 Å². The highest BCUT2D eigenvalue weighted by Crippen LogP contribution is 2.44. The Morgan fingerprint density at radius 2 is 0.831 bits per heavy atom. The van der Waals surface area contributed by atoms with Gasteiger partial charge in [-0.3, -0.25) is 23.7 Å². The molecular weight excluding hydrogens is 1580 g/mol. The van der Waals surface area contributed by atoms with Gasteiger partial charge in [-0.05, 0) is 61.4 Å². The van der Waals surface area contributed by atoms with Crippen molar-refractivity contribution in [1.29, 1.82) is 0 Å². The number of carbonyl (C=O) groups is 7. The fourth-order valence-corrected chi connectivity index (χ4v) is 14.7. The van der Waals surface area contributed by atoms with E-state index in [2.05, 4.69) is 51.6 Å². The molecule has 0 aliphatic carbocycles. The normalized spacial score (nSPS) is 26.9. The number of ether oxygens (including phenoxy) is 15. The van der Waals surface area contributed by atoms with Gasteiger partial charge in [0, 0.05) is 44.7 Å². The van der Waals surface area contributed by atoms with Crippen LogP contribution in [0.25, 0.3) is 0 Å². The molecule has 0 saturated carbocycles. The first-order chi connectivity index (χ1) is 56.9. The van der Waals surface area contributed by atoms with Gasteiger partial charge in [0.05, 0.1) is 129 Å². The van der Waals surface area contributed by atoms with Crippen LogP contribution in [0.15, 0.2) is 152 Å². The summed E-state index contributed by atoms with van der Waals surface area (Å²) in [5, 5.41) is 42.5. The highest BCUT2D eigenvalue weighted by molar-refractivity contribution is 6.21. The number of esters is 7. The average molecular weight is 1670 g/mol. The van der Waals surface area contributed by atoms with Crippen molar-refractivity contribution >= 4 is 65.0 Å². The third kappa shape index (κ3) is 21.3. The Kier molecular flexibility index (Phi) is 28.2. The molecule has 118 heavy (non-hydrogen) atoms. The van der Waals surface area contributed by atoms with Gasteiger partial charge in [-0.2, -0.15) is 0 Å². The SMILES string of the molecule is CC(=O)OC[C@H]1O[C@H](O[C@]2(CCl)O[C@H](Cn3cc(COCc4cn(C[C@H]5O[C@H](OCc6cn(CCn7cc(CO[C@H]8O[C@H](Cn9cc(C)nn9)[C@@H](OC(=O)c9ccccc9)[C@H](OC(=O)c9ccccc9)[C@@H]8C)nn7)nn6)[C@@H](OC(=O)c6ccccc6)[C@@H](OC(=O)c6ccccc6)[C@@H]5C)nn4)nn3)[C@@H](OC(C)=O)[C@@H]2OC(C)=O)[C@H](C)[C@@H](C)[C@H]1Cl. The molecule has 626 valence electrons. The van der Waals surface area contributed by atoms with Crippen molar-refractivity contribution in [2.45, 2.75) is 206 Å². The first-order valence-electron chi connectivity index (χ1n) is 38.2. The van der Waals surface area contributed by atoms with Gasteiger partial charge in [-0.1, -0.05) is 127 Å². The second-order valence-corrected chi connectivity index (χ2v) is 29.9. The Morgan fingerprint density at radius 3 is 1.31 bits per heavy atom. The van der Waals surface area contributed by atoms with Crippen LogP contribution in [0.3, 0.4) is 0 Å². The number of halogens is 2. The predicted molar refractivity (Wildman–Crippen MR) is 405 cm³/mol. The smallest absolute Gasteiger partial charge is 0.338 e. The molecule has 39 heteroatoms. The lowest BCUT2D eigenvalue weighted by Crippen LogP contribution is -2.58. The van der Waals surface area contributed by atoms with Crippen molar-refractivity contribution in [3.63, 3.8) is 0 Å². The van der Waals surface area contributed by atoms with Crippen molar-refractivity contribution < 1.29 is 105 Å². The van der Waals surface area contributed by atoms with Gasteiger partial charge in [0.1, 0.15) is 59.9 Å². The number of aromatic nitrogens is 15. The van der Waals surface area contributed by atoms with E-state index >= 15 is 0 Å². The number of nitrogens with zero attached hydrogens (tertiary/aromatic N) is 15. The molecule has 0 unspecified atom stereocenters. The fraction of sp³-hybridized carbons (Fsp3) is 0.481. The monoisotopic (exact) mass is 1670 g/mol. The number of hydrogen-bond acceptors (Lipinski definition) is 32. The van der Waals surface area contributed by atoms with Gasteiger partial charge in [-0.15, -0.1) is 48.7 Å². The van der Waals surface area contributed by atoms with Crippen molar-refractivity contribution in [3.8, 4) is 0 Å². The molecule has 9 aromatic rings. The largest absolute Gasteiger partial charge is 0.463 e. The molecule has 9 heterocycles. The summed E-state index contributed by atoms with van der Waals surface area (Å²) in [7, 11) is 0. The number of alkyl halides is 2. The molecule has 4 saturated heterocycles. The third-order valence-corrected chi connectivity index (χ3v) is 21.4. The summed E-state index contributed by atoms with van der Waals surface area (Å²) in [5.41, 5.74) is 3.23. The molecule has 0 amide bonds. The second kappa shape index (κ2) is 39.1. The van der Waals surface area contributed by atoms with Crippen LogP contribution in [0.5, 0.6) is 0 Å². The number of aryl methyl sites for hydroxylation is 3. The lowest BCUT2D eigenvalue weighted by atomic mass is 9.86. The van der Waals surface area contributed by atoms with E-state index in [0.29, 0.717) is 34.0 Å². The molecule has 4 aliphatic heterocycles. The number of benzene rings is 4. The van der Waals surface area contributed by atoms with Crippen LogP contribution < -0.4 is 0 Å². The molecule has 37 nitrogen and oxygen atoms in total. The van der Waals surface area contributed by atoms with Gasteiger partial charge in [-0.25, -0.2) is 33.2 Å². The minimum Gasteiger partial charge on any atom is -0.463 e. The minimum absolute atomic E-state index is 0.0234. The Morgan fingerprint density at radius 1 is 0.415 bits per heavy atom. The van der Waals surface area contributed by atoms with Crippen LogP contribution in [0.2, 0.25) is 0 Å². The van der Waals surface area contributed by atoms with Crippen molar-refractivity contribution in [2.24, 2.45) is 23.7 Å². The summed E-state index contributed by atoms with van der Waals surface area (Å²) in [6.07, 6.45) is -6.26. The first-order valence-corrected chi connectivity index (χ1v) is 39.2. The van der Waals surface area contributed by atoms with Crippen LogP contribution in [-0.2, 0) is 145 Å². The lowest BCUT2D eigenvalue weighted by molar-refractivity contribution is -0.347. The number of hydrogen-bond donors (Lipinski definition) is 0. The Hall–Kier alpha value is -10.9. The first kappa shape index (κ1) is 85.0. The number of rotatable bonds is 34. The molecule has 0 bridgehead atoms. The molecule has 0 N–H and O–H groups in total. The van der Waals surface area contributed by atoms with Crippen LogP contribution >= 0.6 is 23.2 Å². The van der Waals surface area contributed by atoms with E-state index in [-0.39, 0.29) is 88.4 Å². The van der Waals surface area contributed by atoms with Gasteiger partial charge in [0.2, 0.25) is 5.79 Å². The topological polar surface area (TPSA) is 411 Å². The maximum atomic E-state index is 14.1. The van der Waals surface area contributed by atoms with Crippen molar-refractivity contribution in [1.82, 2.24) is 75.0 Å². The summed E-state index contributed by atoms with van der Waals surface area (Å²) in [6.45, 7) is 12.6. The summed E-state index contributed by atoms with van der Waals surface area (Å²) < 4.78 is 101. The molecule has 19 atom stereocenters. The van der Waals surface area contributed by atoms with E-state index in [1.165, 1.54) is 30.1 Å². The third-order valence-electron chi connectivity index (χ3n) is 20.3. The maximum Gasteiger partial charge on any atom is 0.338 e. The molecule has 0 spiro atoms. The zero-order chi connectivity index (χ0) is 83.2. The highest BCUT2D eigenvalue weighted by Gasteiger charge is 2.62. The minimum atomic E-state index is -1.94. The van der Waals surface area contributed by atoms with Crippen LogP contribution in [0, 0.1) is 30.6 Å². The van der Waals surface area contributed by atoms with Gasteiger partial charge in [0.15, 0.2) is 43.3 Å². The highest BCUT2D eigenvalue weighted by atomic mass is 35.5. The van der Waals surface area contributed by atoms with Gasteiger partial charge >= 0.3 is 41.8 Å². The van der Waals surface area contributed by atoms with Crippen LogP contribution in [0.4, 0.5) is 0 Å². The van der Waals surface area contributed by atoms with Gasteiger partial charge < -0.3 is 71.1 Å². The van der Waals surface area contributed by atoms with Gasteiger partial charge in [0.25, 0.3) is 0 Å². The molecule has 5 aromatic heterocycles. The fourth-order valence-electron chi connectivity index (χ4n) is 14.1. The van der Waals surface area contributed by atoms with E-state index in [0.717, 1.165) is 0 Å². The van der Waals surface area contributed by atoms with E-state index in [1.54, 1.807) is 187 Å². The maximum absolute atomic E-state index is 14.1. The average Bonchev–Trinajstić information content (AvgIpc) is 1.58. The Bertz CT molecular complexity index is 4850. The summed E-state index contributed by atoms with van der Waals surface area (Å²) in [4.78, 5) is 93.0. The zero-order valence-corrected chi connectivity index (χ0v) is 67.1. The zero-order valence-electron chi connectivity index (χ0n) is 65.5. The molecule has 4 fully saturated rings. The summed E-state index contributed by atoms with van der Waals surface area (Å²) in [6, 6.07) is 33.6. The molecule has 0 radical (unpaired) electrons. The van der Waals surface area contributed by atoms with Crippen LogP contribution in [0.1, 0.15) is 118 Å². The molecule has 4 aliphatic rings. The Balaban J connectivity index is 0.655.